The molecule has 5 rings (SSSR count). The number of halogens is 2. The second-order valence-corrected chi connectivity index (χ2v) is 9.72. The molecule has 2 N–H and O–H groups in total. The number of benzene rings is 3. The maximum atomic E-state index is 13.9. The van der Waals surface area contributed by atoms with Gasteiger partial charge in [-0.2, -0.15) is 5.10 Å². The van der Waals surface area contributed by atoms with E-state index in [1.807, 2.05) is 0 Å². The Morgan fingerprint density at radius 2 is 1.75 bits per heavy atom. The number of hydrogen-bond donors (Lipinski definition) is 1. The first-order valence-electron chi connectivity index (χ1n) is 12.0. The van der Waals surface area contributed by atoms with Crippen molar-refractivity contribution in [2.75, 3.05) is 7.11 Å². The number of nitrogens with zero attached hydrogens (tertiary/aromatic N) is 3. The number of amides is 2. The van der Waals surface area contributed by atoms with Crippen LogP contribution in [0.4, 0.5) is 8.78 Å². The van der Waals surface area contributed by atoms with Crippen molar-refractivity contribution in [2.45, 2.75) is 12.0 Å². The number of pyridine rings is 1. The van der Waals surface area contributed by atoms with Gasteiger partial charge in [-0.25, -0.2) is 13.8 Å². The van der Waals surface area contributed by atoms with Crippen molar-refractivity contribution in [1.29, 1.82) is 0 Å². The third-order valence-corrected chi connectivity index (χ3v) is 7.20. The molecule has 1 aliphatic heterocycles. The molecule has 8 nitrogen and oxygen atoms in total. The highest BCUT2D eigenvalue weighted by molar-refractivity contribution is 8.14. The molecule has 0 radical (unpaired) electrons. The minimum atomic E-state index is -0.729. The number of carbonyl (C=O) groups is 2. The lowest BCUT2D eigenvalue weighted by atomic mass is 10.1. The maximum Gasteiger partial charge on any atom is 0.277 e. The van der Waals surface area contributed by atoms with Crippen LogP contribution in [0, 0.1) is 11.6 Å². The molecule has 4 aromatic rings. The Kier molecular flexibility index (Phi) is 7.74. The normalized spacial score (nSPS) is 14.5. The Morgan fingerprint density at radius 3 is 2.48 bits per heavy atom. The third-order valence-electron chi connectivity index (χ3n) is 5.98. The van der Waals surface area contributed by atoms with Crippen molar-refractivity contribution < 1.29 is 27.8 Å². The number of nitrogens with two attached hydrogens (primary N) is 1. The van der Waals surface area contributed by atoms with E-state index in [2.05, 4.69) is 10.1 Å². The second-order valence-electron chi connectivity index (χ2n) is 8.66. The van der Waals surface area contributed by atoms with E-state index in [4.69, 9.17) is 15.2 Å². The molecule has 1 unspecified atom stereocenters. The minimum absolute atomic E-state index is 0.00964. The van der Waals surface area contributed by atoms with Gasteiger partial charge in [-0.3, -0.25) is 14.6 Å². The topological polar surface area (TPSA) is 107 Å². The van der Waals surface area contributed by atoms with Crippen LogP contribution >= 0.6 is 11.8 Å². The summed E-state index contributed by atoms with van der Waals surface area (Å²) in [5.74, 6) is -1.45. The van der Waals surface area contributed by atoms with E-state index in [0.29, 0.717) is 33.2 Å². The summed E-state index contributed by atoms with van der Waals surface area (Å²) in [6, 6.07) is 18.8. The highest BCUT2D eigenvalue weighted by Gasteiger charge is 2.37. The number of hydrogen-bond acceptors (Lipinski definition) is 7. The highest BCUT2D eigenvalue weighted by atomic mass is 32.2. The molecule has 11 heteroatoms. The molecule has 1 aliphatic rings. The van der Waals surface area contributed by atoms with Crippen molar-refractivity contribution >= 4 is 28.6 Å². The van der Waals surface area contributed by atoms with Gasteiger partial charge in [0.1, 0.15) is 28.7 Å². The fourth-order valence-corrected chi connectivity index (χ4v) is 5.26. The number of hydrazone groups is 1. The van der Waals surface area contributed by atoms with Gasteiger partial charge < -0.3 is 15.2 Å². The Morgan fingerprint density at radius 1 is 0.975 bits per heavy atom. The van der Waals surface area contributed by atoms with Gasteiger partial charge in [-0.05, 0) is 54.1 Å². The molecule has 0 saturated carbocycles. The van der Waals surface area contributed by atoms with E-state index in [1.165, 1.54) is 42.2 Å². The average Bonchev–Trinajstić information content (AvgIpc) is 3.41. The van der Waals surface area contributed by atoms with Crippen LogP contribution in [0.25, 0.3) is 0 Å². The molecule has 1 atom stereocenters. The lowest BCUT2D eigenvalue weighted by Gasteiger charge is -2.24. The van der Waals surface area contributed by atoms with E-state index in [9.17, 15) is 18.4 Å². The monoisotopic (exact) mass is 560 g/mol. The van der Waals surface area contributed by atoms with Crippen LogP contribution < -0.4 is 15.2 Å². The van der Waals surface area contributed by atoms with E-state index in [-0.39, 0.29) is 12.2 Å². The number of aromatic nitrogens is 1. The van der Waals surface area contributed by atoms with Gasteiger partial charge in [0, 0.05) is 22.9 Å². The number of primary amides is 1. The Labute approximate surface area is 232 Å². The number of carbonyl (C=O) groups excluding carboxylic acids is 2. The van der Waals surface area contributed by atoms with Gasteiger partial charge in [0.2, 0.25) is 5.91 Å². The predicted molar refractivity (Wildman–Crippen MR) is 146 cm³/mol. The van der Waals surface area contributed by atoms with E-state index < -0.39 is 28.8 Å². The molecule has 0 saturated heterocycles. The fourth-order valence-electron chi connectivity index (χ4n) is 4.09. The summed E-state index contributed by atoms with van der Waals surface area (Å²) in [6.07, 6.45) is 2.26. The van der Waals surface area contributed by atoms with Gasteiger partial charge in [-0.15, -0.1) is 0 Å². The standard InChI is InChI=1S/C29H22F2N4O4S/c1-38-25-23(6-3-7-24(25)39-16-17-4-2-5-19(12-17)26(32)36)29-35(28(37)20-13-22(31)15-33-14-20)34-27(40-29)18-8-10-21(30)11-9-18/h2-15,29H,16H2,1H3,(H2,32,36). The molecule has 1 aromatic heterocycles. The Hall–Kier alpha value is -4.77. The van der Waals surface area contributed by atoms with Crippen LogP contribution in [0.15, 0.2) is 90.3 Å². The summed E-state index contributed by atoms with van der Waals surface area (Å²) < 4.78 is 39.2. The van der Waals surface area contributed by atoms with Crippen molar-refractivity contribution in [3.8, 4) is 11.5 Å². The molecular weight excluding hydrogens is 538 g/mol. The zero-order valence-corrected chi connectivity index (χ0v) is 21.9. The molecular formula is C29H22F2N4O4S. The summed E-state index contributed by atoms with van der Waals surface area (Å²) in [4.78, 5) is 28.9. The summed E-state index contributed by atoms with van der Waals surface area (Å²) in [7, 11) is 1.48. The van der Waals surface area contributed by atoms with Crippen LogP contribution in [0.1, 0.15) is 42.8 Å². The van der Waals surface area contributed by atoms with Crippen molar-refractivity contribution in [3.63, 3.8) is 0 Å². The van der Waals surface area contributed by atoms with Gasteiger partial charge in [-0.1, -0.05) is 36.0 Å². The largest absolute Gasteiger partial charge is 0.492 e. The van der Waals surface area contributed by atoms with Crippen molar-refractivity contribution in [2.24, 2.45) is 10.8 Å². The summed E-state index contributed by atoms with van der Waals surface area (Å²) >= 11 is 1.25. The number of thioether (sulfide) groups is 1. The minimum Gasteiger partial charge on any atom is -0.492 e. The first-order valence-corrected chi connectivity index (χ1v) is 12.9. The van der Waals surface area contributed by atoms with Crippen molar-refractivity contribution in [1.82, 2.24) is 9.99 Å². The number of methoxy groups -OCH3 is 1. The van der Waals surface area contributed by atoms with E-state index >= 15 is 0 Å². The molecule has 0 spiro atoms. The Balaban J connectivity index is 1.49. The summed E-state index contributed by atoms with van der Waals surface area (Å²) in [5, 5.41) is 5.48. The lowest BCUT2D eigenvalue weighted by Crippen LogP contribution is -2.26. The van der Waals surface area contributed by atoms with Crippen LogP contribution in [-0.2, 0) is 6.61 Å². The number of rotatable bonds is 8. The van der Waals surface area contributed by atoms with Crippen molar-refractivity contribution in [3.05, 3.63) is 125 Å². The van der Waals surface area contributed by atoms with Crippen LogP contribution in [0.3, 0.4) is 0 Å². The van der Waals surface area contributed by atoms with Crippen LogP contribution in [0.2, 0.25) is 0 Å². The second kappa shape index (κ2) is 11.5. The first-order chi connectivity index (χ1) is 19.3. The molecule has 2 heterocycles. The molecule has 0 bridgehead atoms. The average molecular weight is 561 g/mol. The van der Waals surface area contributed by atoms with Crippen LogP contribution in [-0.4, -0.2) is 34.0 Å². The first kappa shape index (κ1) is 26.8. The third kappa shape index (κ3) is 5.64. The SMILES string of the molecule is COc1c(OCc2cccc(C(N)=O)c2)cccc1C1SC(c2ccc(F)cc2)=NN1C(=O)c1cncc(F)c1. The molecule has 3 aromatic carbocycles. The summed E-state index contributed by atoms with van der Waals surface area (Å²) in [5.41, 5.74) is 7.64. The van der Waals surface area contributed by atoms with E-state index in [1.54, 1.807) is 54.6 Å². The molecule has 0 aliphatic carbocycles. The molecule has 0 fully saturated rings. The van der Waals surface area contributed by atoms with Gasteiger partial charge in [0.25, 0.3) is 5.91 Å². The zero-order valence-electron chi connectivity index (χ0n) is 21.1. The Bertz CT molecular complexity index is 1610. The fraction of sp³-hybridized carbons (Fsp3) is 0.103. The number of ether oxygens (including phenoxy) is 2. The molecule has 202 valence electrons. The maximum absolute atomic E-state index is 13.9. The van der Waals surface area contributed by atoms with Gasteiger partial charge in [0.05, 0.1) is 18.9 Å². The number of para-hydroxylation sites is 1. The lowest BCUT2D eigenvalue weighted by molar-refractivity contribution is 0.0746. The summed E-state index contributed by atoms with van der Waals surface area (Å²) in [6.45, 7) is 0.119. The van der Waals surface area contributed by atoms with E-state index in [0.717, 1.165) is 17.8 Å². The predicted octanol–water partition coefficient (Wildman–Crippen LogP) is 5.30. The molecule has 40 heavy (non-hydrogen) atoms. The molecule has 2 amide bonds. The van der Waals surface area contributed by atoms with Gasteiger partial charge >= 0.3 is 0 Å². The van der Waals surface area contributed by atoms with Gasteiger partial charge in [0.15, 0.2) is 11.5 Å². The zero-order chi connectivity index (χ0) is 28.2. The quantitative estimate of drug-likeness (QED) is 0.314. The highest BCUT2D eigenvalue weighted by Crippen LogP contribution is 2.47. The van der Waals surface area contributed by atoms with Crippen LogP contribution in [0.5, 0.6) is 11.5 Å². The smallest absolute Gasteiger partial charge is 0.277 e.